The Morgan fingerprint density at radius 2 is 2.14 bits per heavy atom. The van der Waals surface area contributed by atoms with Crippen LogP contribution in [0.5, 0.6) is 0 Å². The first-order valence-electron chi connectivity index (χ1n) is 6.57. The molecule has 0 saturated carbocycles. The fourth-order valence-electron chi connectivity index (χ4n) is 1.87. The standard InChI is InChI=1S/C12H15ClN6O3/c1-3-17-5-9(13)10(16-17)4-14-12(20)7-18-6-11(19(21)22)8(2)15-18/h5-6H,3-4,7H2,1-2H3,(H,14,20). The summed E-state index contributed by atoms with van der Waals surface area (Å²) in [5, 5.41) is 22.0. The van der Waals surface area contributed by atoms with E-state index >= 15 is 0 Å². The van der Waals surface area contributed by atoms with Crippen LogP contribution in [0.15, 0.2) is 12.4 Å². The molecule has 1 amide bonds. The van der Waals surface area contributed by atoms with Crippen LogP contribution in [-0.2, 0) is 24.4 Å². The highest BCUT2D eigenvalue weighted by Gasteiger charge is 2.17. The van der Waals surface area contributed by atoms with Crippen molar-refractivity contribution in [1.82, 2.24) is 24.9 Å². The molecule has 0 aliphatic heterocycles. The molecule has 2 aromatic rings. The molecule has 22 heavy (non-hydrogen) atoms. The number of aryl methyl sites for hydroxylation is 2. The third-order valence-corrected chi connectivity index (χ3v) is 3.30. The summed E-state index contributed by atoms with van der Waals surface area (Å²) >= 11 is 6.00. The van der Waals surface area contributed by atoms with E-state index in [1.807, 2.05) is 6.92 Å². The average Bonchev–Trinajstić information content (AvgIpc) is 2.99. The second-order valence-electron chi connectivity index (χ2n) is 4.61. The number of rotatable bonds is 6. The van der Waals surface area contributed by atoms with E-state index in [0.29, 0.717) is 17.3 Å². The molecule has 2 aromatic heterocycles. The van der Waals surface area contributed by atoms with Crippen molar-refractivity contribution in [1.29, 1.82) is 0 Å². The monoisotopic (exact) mass is 326 g/mol. The summed E-state index contributed by atoms with van der Waals surface area (Å²) in [6.07, 6.45) is 2.91. The normalized spacial score (nSPS) is 10.7. The number of nitrogens with zero attached hydrogens (tertiary/aromatic N) is 5. The van der Waals surface area contributed by atoms with Gasteiger partial charge in [0, 0.05) is 12.7 Å². The minimum atomic E-state index is -0.534. The van der Waals surface area contributed by atoms with E-state index in [2.05, 4.69) is 15.5 Å². The quantitative estimate of drug-likeness (QED) is 0.635. The summed E-state index contributed by atoms with van der Waals surface area (Å²) in [5.41, 5.74) is 0.722. The van der Waals surface area contributed by atoms with Gasteiger partial charge < -0.3 is 5.32 Å². The summed E-state index contributed by atoms with van der Waals surface area (Å²) in [4.78, 5) is 22.0. The molecule has 2 heterocycles. The van der Waals surface area contributed by atoms with Gasteiger partial charge in [-0.2, -0.15) is 10.2 Å². The molecule has 0 fully saturated rings. The first kappa shape index (κ1) is 16.0. The van der Waals surface area contributed by atoms with Crippen LogP contribution in [0.1, 0.15) is 18.3 Å². The molecular formula is C12H15ClN6O3. The Morgan fingerprint density at radius 1 is 1.41 bits per heavy atom. The molecular weight excluding hydrogens is 312 g/mol. The molecule has 0 aromatic carbocycles. The molecule has 0 aliphatic carbocycles. The Hall–Kier alpha value is -2.42. The molecule has 0 radical (unpaired) electrons. The highest BCUT2D eigenvalue weighted by atomic mass is 35.5. The van der Waals surface area contributed by atoms with E-state index in [1.54, 1.807) is 10.9 Å². The van der Waals surface area contributed by atoms with Crippen molar-refractivity contribution < 1.29 is 9.72 Å². The summed E-state index contributed by atoms with van der Waals surface area (Å²) in [5.74, 6) is -0.334. The molecule has 0 unspecified atom stereocenters. The van der Waals surface area contributed by atoms with Crippen LogP contribution in [-0.4, -0.2) is 30.4 Å². The largest absolute Gasteiger partial charge is 0.349 e. The van der Waals surface area contributed by atoms with Crippen LogP contribution >= 0.6 is 11.6 Å². The van der Waals surface area contributed by atoms with Gasteiger partial charge in [-0.05, 0) is 13.8 Å². The third kappa shape index (κ3) is 3.61. The maximum absolute atomic E-state index is 11.8. The van der Waals surface area contributed by atoms with Crippen molar-refractivity contribution >= 4 is 23.2 Å². The summed E-state index contributed by atoms with van der Waals surface area (Å²) < 4.78 is 2.90. The van der Waals surface area contributed by atoms with Gasteiger partial charge in [0.25, 0.3) is 0 Å². The van der Waals surface area contributed by atoms with Gasteiger partial charge in [0.2, 0.25) is 5.91 Å². The lowest BCUT2D eigenvalue weighted by atomic mass is 10.4. The van der Waals surface area contributed by atoms with Crippen LogP contribution < -0.4 is 5.32 Å². The summed E-state index contributed by atoms with van der Waals surface area (Å²) in [7, 11) is 0. The van der Waals surface area contributed by atoms with Crippen molar-refractivity contribution in [3.8, 4) is 0 Å². The molecule has 10 heteroatoms. The third-order valence-electron chi connectivity index (χ3n) is 2.99. The summed E-state index contributed by atoms with van der Waals surface area (Å²) in [6.45, 7) is 4.21. The number of halogens is 1. The van der Waals surface area contributed by atoms with Crippen LogP contribution in [0.4, 0.5) is 5.69 Å². The van der Waals surface area contributed by atoms with Gasteiger partial charge in [0.1, 0.15) is 24.1 Å². The maximum Gasteiger partial charge on any atom is 0.309 e. The van der Waals surface area contributed by atoms with Gasteiger partial charge in [0.15, 0.2) is 0 Å². The smallest absolute Gasteiger partial charge is 0.309 e. The Bertz CT molecular complexity index is 708. The minimum absolute atomic E-state index is 0.110. The number of nitro groups is 1. The zero-order chi connectivity index (χ0) is 16.3. The predicted molar refractivity (Wildman–Crippen MR) is 78.4 cm³/mol. The average molecular weight is 327 g/mol. The predicted octanol–water partition coefficient (Wildman–Crippen LogP) is 1.29. The molecule has 0 spiro atoms. The van der Waals surface area contributed by atoms with Crippen molar-refractivity contribution in [2.75, 3.05) is 0 Å². The Morgan fingerprint density at radius 3 is 2.68 bits per heavy atom. The fraction of sp³-hybridized carbons (Fsp3) is 0.417. The first-order valence-corrected chi connectivity index (χ1v) is 6.95. The molecule has 0 saturated heterocycles. The second-order valence-corrected chi connectivity index (χ2v) is 5.02. The lowest BCUT2D eigenvalue weighted by Crippen LogP contribution is -2.27. The van der Waals surface area contributed by atoms with Gasteiger partial charge in [-0.3, -0.25) is 24.3 Å². The molecule has 9 nitrogen and oxygen atoms in total. The van der Waals surface area contributed by atoms with E-state index in [-0.39, 0.29) is 30.4 Å². The highest BCUT2D eigenvalue weighted by molar-refractivity contribution is 6.31. The number of hydrogen-bond acceptors (Lipinski definition) is 5. The molecule has 118 valence electrons. The van der Waals surface area contributed by atoms with Crippen LogP contribution in [0.3, 0.4) is 0 Å². The van der Waals surface area contributed by atoms with Gasteiger partial charge in [0.05, 0.1) is 16.5 Å². The van der Waals surface area contributed by atoms with Crippen molar-refractivity contribution in [3.05, 3.63) is 38.9 Å². The van der Waals surface area contributed by atoms with Crippen molar-refractivity contribution in [3.63, 3.8) is 0 Å². The maximum atomic E-state index is 11.8. The van der Waals surface area contributed by atoms with E-state index in [4.69, 9.17) is 11.6 Å². The van der Waals surface area contributed by atoms with Gasteiger partial charge in [-0.25, -0.2) is 0 Å². The highest BCUT2D eigenvalue weighted by Crippen LogP contribution is 2.15. The number of hydrogen-bond donors (Lipinski definition) is 1. The van der Waals surface area contributed by atoms with Gasteiger partial charge >= 0.3 is 5.69 Å². The SMILES string of the molecule is CCn1cc(Cl)c(CNC(=O)Cn2cc([N+](=O)[O-])c(C)n2)n1. The van der Waals surface area contributed by atoms with E-state index in [0.717, 1.165) is 0 Å². The van der Waals surface area contributed by atoms with Gasteiger partial charge in [-0.15, -0.1) is 0 Å². The lowest BCUT2D eigenvalue weighted by molar-refractivity contribution is -0.385. The zero-order valence-corrected chi connectivity index (χ0v) is 12.9. The van der Waals surface area contributed by atoms with E-state index in [1.165, 1.54) is 17.8 Å². The number of amides is 1. The Kier molecular flexibility index (Phi) is 4.76. The van der Waals surface area contributed by atoms with Crippen LogP contribution in [0.2, 0.25) is 5.02 Å². The fourth-order valence-corrected chi connectivity index (χ4v) is 2.09. The van der Waals surface area contributed by atoms with E-state index < -0.39 is 4.92 Å². The minimum Gasteiger partial charge on any atom is -0.349 e. The number of carbonyl (C=O) groups is 1. The molecule has 1 N–H and O–H groups in total. The second kappa shape index (κ2) is 6.56. The van der Waals surface area contributed by atoms with Gasteiger partial charge in [-0.1, -0.05) is 11.6 Å². The molecule has 0 atom stereocenters. The molecule has 0 bridgehead atoms. The number of nitrogens with one attached hydrogen (secondary N) is 1. The Labute approximate surface area is 131 Å². The first-order chi connectivity index (χ1) is 10.4. The van der Waals surface area contributed by atoms with Crippen molar-refractivity contribution in [2.45, 2.75) is 33.5 Å². The number of carbonyl (C=O) groups excluding carboxylic acids is 1. The van der Waals surface area contributed by atoms with Crippen molar-refractivity contribution in [2.24, 2.45) is 0 Å². The molecule has 0 aliphatic rings. The topological polar surface area (TPSA) is 108 Å². The molecule has 2 rings (SSSR count). The number of aromatic nitrogens is 4. The zero-order valence-electron chi connectivity index (χ0n) is 12.1. The Balaban J connectivity index is 1.94. The summed E-state index contributed by atoms with van der Waals surface area (Å²) in [6, 6.07) is 0. The lowest BCUT2D eigenvalue weighted by Gasteiger charge is -2.03. The van der Waals surface area contributed by atoms with Crippen LogP contribution in [0, 0.1) is 17.0 Å². The van der Waals surface area contributed by atoms with E-state index in [9.17, 15) is 14.9 Å². The van der Waals surface area contributed by atoms with Crippen LogP contribution in [0.25, 0.3) is 0 Å².